The van der Waals surface area contributed by atoms with Crippen LogP contribution in [0.25, 0.3) is 0 Å². The number of aromatic nitrogens is 1. The summed E-state index contributed by atoms with van der Waals surface area (Å²) in [7, 11) is 1.86. The average Bonchev–Trinajstić information content (AvgIpc) is 3.04. The Labute approximate surface area is 198 Å². The van der Waals surface area contributed by atoms with E-state index in [1.165, 1.54) is 16.7 Å². The Morgan fingerprint density at radius 1 is 1.13 bits per heavy atom. The van der Waals surface area contributed by atoms with Crippen molar-refractivity contribution < 1.29 is 4.52 Å². The molecule has 0 unspecified atom stereocenters. The zero-order valence-corrected chi connectivity index (χ0v) is 21.3. The molecule has 0 aliphatic carbocycles. The van der Waals surface area contributed by atoms with Gasteiger partial charge in [0.2, 0.25) is 0 Å². The minimum Gasteiger partial charge on any atom is -0.361 e. The fourth-order valence-electron chi connectivity index (χ4n) is 3.87. The van der Waals surface area contributed by atoms with Gasteiger partial charge in [-0.1, -0.05) is 43.3 Å². The molecule has 0 amide bonds. The molecular weight excluding hydrogens is 489 g/mol. The summed E-state index contributed by atoms with van der Waals surface area (Å²) in [5.74, 6) is 2.48. The first-order valence-corrected chi connectivity index (χ1v) is 10.7. The summed E-state index contributed by atoms with van der Waals surface area (Å²) in [6.45, 7) is 14.4. The first-order chi connectivity index (χ1) is 14.0. The molecule has 2 heterocycles. The highest BCUT2D eigenvalue weighted by Gasteiger charge is 2.20. The Morgan fingerprint density at radius 3 is 2.33 bits per heavy atom. The number of hydrogen-bond acceptors (Lipinski definition) is 4. The Balaban J connectivity index is 0.00000320. The predicted molar refractivity (Wildman–Crippen MR) is 134 cm³/mol. The molecule has 1 fully saturated rings. The van der Waals surface area contributed by atoms with Gasteiger partial charge in [0.1, 0.15) is 5.76 Å². The van der Waals surface area contributed by atoms with Crippen molar-refractivity contribution in [1.29, 1.82) is 0 Å². The van der Waals surface area contributed by atoms with Gasteiger partial charge in [0.05, 0.1) is 5.69 Å². The molecule has 1 N–H and O–H groups in total. The highest BCUT2D eigenvalue weighted by Crippen LogP contribution is 2.16. The molecule has 0 spiro atoms. The van der Waals surface area contributed by atoms with E-state index < -0.39 is 0 Å². The van der Waals surface area contributed by atoms with E-state index >= 15 is 0 Å². The SMILES string of the molecule is CN=C(NCCc1c(C)noc1C)N1CCN(Cc2ccc(C(C)C)cc2)CC1.I. The molecule has 1 aliphatic rings. The van der Waals surface area contributed by atoms with Gasteiger partial charge in [-0.2, -0.15) is 0 Å². The van der Waals surface area contributed by atoms with Crippen LogP contribution >= 0.6 is 24.0 Å². The third-order valence-corrected chi connectivity index (χ3v) is 5.78. The van der Waals surface area contributed by atoms with E-state index in [-0.39, 0.29) is 24.0 Å². The summed E-state index contributed by atoms with van der Waals surface area (Å²) in [5.41, 5.74) is 4.98. The van der Waals surface area contributed by atoms with E-state index in [0.717, 1.165) is 63.1 Å². The van der Waals surface area contributed by atoms with Crippen LogP contribution in [-0.2, 0) is 13.0 Å². The zero-order valence-electron chi connectivity index (χ0n) is 18.9. The van der Waals surface area contributed by atoms with Crippen molar-refractivity contribution in [2.75, 3.05) is 39.8 Å². The normalized spacial score (nSPS) is 15.4. The lowest BCUT2D eigenvalue weighted by molar-refractivity contribution is 0.172. The van der Waals surface area contributed by atoms with Crippen LogP contribution < -0.4 is 5.32 Å². The minimum atomic E-state index is 0. The smallest absolute Gasteiger partial charge is 0.193 e. The lowest BCUT2D eigenvalue weighted by Gasteiger charge is -2.36. The van der Waals surface area contributed by atoms with Crippen LogP contribution in [0.5, 0.6) is 0 Å². The third-order valence-electron chi connectivity index (χ3n) is 5.78. The zero-order chi connectivity index (χ0) is 20.8. The van der Waals surface area contributed by atoms with Crippen molar-refractivity contribution in [2.24, 2.45) is 4.99 Å². The number of hydrogen-bond donors (Lipinski definition) is 1. The lowest BCUT2D eigenvalue weighted by Crippen LogP contribution is -2.52. The number of nitrogens with zero attached hydrogens (tertiary/aromatic N) is 4. The van der Waals surface area contributed by atoms with Crippen molar-refractivity contribution in [3.05, 3.63) is 52.4 Å². The number of nitrogens with one attached hydrogen (secondary N) is 1. The van der Waals surface area contributed by atoms with Crippen molar-refractivity contribution in [3.8, 4) is 0 Å². The van der Waals surface area contributed by atoms with Gasteiger partial charge in [0.15, 0.2) is 5.96 Å². The second kappa shape index (κ2) is 11.7. The van der Waals surface area contributed by atoms with Gasteiger partial charge in [-0.05, 0) is 37.3 Å². The molecule has 7 heteroatoms. The maximum absolute atomic E-state index is 5.25. The highest BCUT2D eigenvalue weighted by molar-refractivity contribution is 14.0. The van der Waals surface area contributed by atoms with E-state index in [2.05, 4.69) is 63.4 Å². The number of aryl methyl sites for hydroxylation is 2. The summed E-state index contributed by atoms with van der Waals surface area (Å²) in [5, 5.41) is 7.53. The van der Waals surface area contributed by atoms with Crippen LogP contribution in [0.4, 0.5) is 0 Å². The molecule has 3 rings (SSSR count). The van der Waals surface area contributed by atoms with Crippen molar-refractivity contribution in [1.82, 2.24) is 20.3 Å². The van der Waals surface area contributed by atoms with E-state index in [1.807, 2.05) is 20.9 Å². The van der Waals surface area contributed by atoms with Gasteiger partial charge in [0.25, 0.3) is 0 Å². The van der Waals surface area contributed by atoms with Crippen molar-refractivity contribution in [3.63, 3.8) is 0 Å². The number of rotatable bonds is 6. The van der Waals surface area contributed by atoms with Crippen molar-refractivity contribution in [2.45, 2.75) is 46.6 Å². The Hall–Kier alpha value is -1.61. The molecule has 0 radical (unpaired) electrons. The average molecular weight is 525 g/mol. The molecule has 2 aromatic rings. The van der Waals surface area contributed by atoms with E-state index in [0.29, 0.717) is 5.92 Å². The van der Waals surface area contributed by atoms with Gasteiger partial charge < -0.3 is 14.7 Å². The fourth-order valence-corrected chi connectivity index (χ4v) is 3.87. The molecule has 0 saturated carbocycles. The van der Waals surface area contributed by atoms with E-state index in [4.69, 9.17) is 4.52 Å². The monoisotopic (exact) mass is 525 g/mol. The van der Waals surface area contributed by atoms with Gasteiger partial charge in [0, 0.05) is 51.9 Å². The quantitative estimate of drug-likeness (QED) is 0.352. The maximum atomic E-state index is 5.25. The first kappa shape index (κ1) is 24.7. The Bertz CT molecular complexity index is 788. The third kappa shape index (κ3) is 6.44. The van der Waals surface area contributed by atoms with E-state index in [9.17, 15) is 0 Å². The molecule has 166 valence electrons. The van der Waals surface area contributed by atoms with Crippen LogP contribution in [0.2, 0.25) is 0 Å². The summed E-state index contributed by atoms with van der Waals surface area (Å²) in [6, 6.07) is 9.08. The lowest BCUT2D eigenvalue weighted by atomic mass is 10.0. The Kier molecular flexibility index (Phi) is 9.61. The predicted octanol–water partition coefficient (Wildman–Crippen LogP) is 3.97. The summed E-state index contributed by atoms with van der Waals surface area (Å²) in [6.07, 6.45) is 0.895. The second-order valence-corrected chi connectivity index (χ2v) is 8.19. The van der Waals surface area contributed by atoms with Crippen LogP contribution in [0.15, 0.2) is 33.8 Å². The molecule has 1 aromatic heterocycles. The largest absolute Gasteiger partial charge is 0.361 e. The summed E-state index contributed by atoms with van der Waals surface area (Å²) >= 11 is 0. The number of guanidine groups is 1. The number of halogens is 1. The van der Waals surface area contributed by atoms with Crippen molar-refractivity contribution >= 4 is 29.9 Å². The Morgan fingerprint density at radius 2 is 1.80 bits per heavy atom. The van der Waals surface area contributed by atoms with Gasteiger partial charge in [-0.15, -0.1) is 24.0 Å². The molecule has 1 aromatic carbocycles. The van der Waals surface area contributed by atoms with E-state index in [1.54, 1.807) is 0 Å². The number of aliphatic imine (C=N–C) groups is 1. The maximum Gasteiger partial charge on any atom is 0.193 e. The fraction of sp³-hybridized carbons (Fsp3) is 0.565. The molecule has 0 bridgehead atoms. The standard InChI is InChI=1S/C23H35N5O.HI/c1-17(2)21-8-6-20(7-9-21)16-27-12-14-28(15-13-27)23(24-5)25-11-10-22-18(3)26-29-19(22)4;/h6-9,17H,10-16H2,1-5H3,(H,24,25);1H. The minimum absolute atomic E-state index is 0. The molecule has 0 atom stereocenters. The molecule has 1 aliphatic heterocycles. The molecule has 1 saturated heterocycles. The van der Waals surface area contributed by atoms with Gasteiger partial charge >= 0.3 is 0 Å². The van der Waals surface area contributed by atoms with Crippen LogP contribution in [0.1, 0.15) is 47.9 Å². The van der Waals surface area contributed by atoms with Crippen LogP contribution in [0.3, 0.4) is 0 Å². The number of piperazine rings is 1. The summed E-state index contributed by atoms with van der Waals surface area (Å²) < 4.78 is 5.25. The van der Waals surface area contributed by atoms with Crippen LogP contribution in [-0.4, -0.2) is 60.7 Å². The molecule has 6 nitrogen and oxygen atoms in total. The van der Waals surface area contributed by atoms with Gasteiger partial charge in [-0.3, -0.25) is 9.89 Å². The summed E-state index contributed by atoms with van der Waals surface area (Å²) in [4.78, 5) is 9.36. The number of benzene rings is 1. The molecular formula is C23H36IN5O. The van der Waals surface area contributed by atoms with Gasteiger partial charge in [-0.25, -0.2) is 0 Å². The highest BCUT2D eigenvalue weighted by atomic mass is 127. The topological polar surface area (TPSA) is 56.9 Å². The second-order valence-electron chi connectivity index (χ2n) is 8.19. The van der Waals surface area contributed by atoms with Crippen LogP contribution in [0, 0.1) is 13.8 Å². The molecule has 30 heavy (non-hydrogen) atoms. The first-order valence-electron chi connectivity index (χ1n) is 10.7.